The van der Waals surface area contributed by atoms with Gasteiger partial charge in [0.05, 0.1) is 6.04 Å². The molecule has 0 aromatic rings. The fraction of sp³-hybridized carbons (Fsp3) is 0.941. The summed E-state index contributed by atoms with van der Waals surface area (Å²) in [7, 11) is 0. The maximum atomic E-state index is 7.28. The number of piperazine rings is 1. The van der Waals surface area contributed by atoms with E-state index in [1.165, 1.54) is 25.9 Å². The number of rotatable bonds is 4. The van der Waals surface area contributed by atoms with E-state index in [9.17, 15) is 0 Å². The van der Waals surface area contributed by atoms with E-state index in [4.69, 9.17) is 6.57 Å². The summed E-state index contributed by atoms with van der Waals surface area (Å²) in [6.45, 7) is 22.9. The SMILES string of the molecule is [C-]#[N+]C[C@H]1CN(C(C)C)CCN1C1CCN(C(C)C)CC1. The van der Waals surface area contributed by atoms with Gasteiger partial charge >= 0.3 is 0 Å². The van der Waals surface area contributed by atoms with Gasteiger partial charge in [-0.05, 0) is 53.6 Å². The zero-order valence-electron chi connectivity index (χ0n) is 14.3. The molecule has 2 fully saturated rings. The molecule has 0 N–H and O–H groups in total. The molecule has 0 aromatic heterocycles. The van der Waals surface area contributed by atoms with Crippen LogP contribution in [-0.4, -0.2) is 78.1 Å². The maximum Gasteiger partial charge on any atom is 0.231 e. The van der Waals surface area contributed by atoms with Crippen LogP contribution in [0, 0.1) is 6.57 Å². The first kappa shape index (κ1) is 16.7. The van der Waals surface area contributed by atoms with Gasteiger partial charge in [-0.25, -0.2) is 6.57 Å². The van der Waals surface area contributed by atoms with E-state index in [0.717, 1.165) is 19.6 Å². The molecule has 0 aliphatic carbocycles. The molecule has 0 spiro atoms. The lowest BCUT2D eigenvalue weighted by Gasteiger charge is -2.47. The molecular weight excluding hydrogens is 260 g/mol. The first-order chi connectivity index (χ1) is 10.0. The van der Waals surface area contributed by atoms with Gasteiger partial charge in [-0.15, -0.1) is 0 Å². The summed E-state index contributed by atoms with van der Waals surface area (Å²) >= 11 is 0. The van der Waals surface area contributed by atoms with E-state index < -0.39 is 0 Å². The molecule has 4 nitrogen and oxygen atoms in total. The molecule has 1 atom stereocenters. The third-order valence-corrected chi connectivity index (χ3v) is 5.29. The summed E-state index contributed by atoms with van der Waals surface area (Å²) in [4.78, 5) is 11.5. The molecule has 0 radical (unpaired) electrons. The van der Waals surface area contributed by atoms with Crippen molar-refractivity contribution in [2.75, 3.05) is 39.3 Å². The van der Waals surface area contributed by atoms with Crippen LogP contribution in [0.1, 0.15) is 40.5 Å². The average molecular weight is 292 g/mol. The molecule has 21 heavy (non-hydrogen) atoms. The van der Waals surface area contributed by atoms with Crippen LogP contribution in [0.15, 0.2) is 0 Å². The van der Waals surface area contributed by atoms with Crippen LogP contribution in [0.4, 0.5) is 0 Å². The van der Waals surface area contributed by atoms with Gasteiger partial charge in [-0.3, -0.25) is 9.80 Å². The smallest absolute Gasteiger partial charge is 0.231 e. The fourth-order valence-corrected chi connectivity index (χ4v) is 3.84. The van der Waals surface area contributed by atoms with E-state index >= 15 is 0 Å². The highest BCUT2D eigenvalue weighted by molar-refractivity contribution is 4.93. The highest BCUT2D eigenvalue weighted by Gasteiger charge is 2.36. The van der Waals surface area contributed by atoms with Crippen molar-refractivity contribution in [3.05, 3.63) is 11.4 Å². The van der Waals surface area contributed by atoms with Gasteiger partial charge in [-0.1, -0.05) is 0 Å². The Morgan fingerprint density at radius 2 is 1.57 bits per heavy atom. The third-order valence-electron chi connectivity index (χ3n) is 5.29. The van der Waals surface area contributed by atoms with Crippen LogP contribution in [-0.2, 0) is 0 Å². The van der Waals surface area contributed by atoms with Crippen molar-refractivity contribution < 1.29 is 0 Å². The molecule has 2 aliphatic rings. The van der Waals surface area contributed by atoms with Gasteiger partial charge in [0, 0.05) is 37.8 Å². The van der Waals surface area contributed by atoms with E-state index in [0.29, 0.717) is 30.7 Å². The monoisotopic (exact) mass is 292 g/mol. The largest absolute Gasteiger partial charge is 0.315 e. The molecule has 0 unspecified atom stereocenters. The van der Waals surface area contributed by atoms with Crippen molar-refractivity contribution in [3.8, 4) is 0 Å². The molecular formula is C17H32N4. The summed E-state index contributed by atoms with van der Waals surface area (Å²) in [5.41, 5.74) is 0. The molecule has 0 bridgehead atoms. The number of nitrogens with zero attached hydrogens (tertiary/aromatic N) is 4. The van der Waals surface area contributed by atoms with Crippen LogP contribution in [0.25, 0.3) is 4.85 Å². The van der Waals surface area contributed by atoms with Crippen molar-refractivity contribution in [2.24, 2.45) is 0 Å². The second kappa shape index (κ2) is 7.58. The molecule has 2 rings (SSSR count). The van der Waals surface area contributed by atoms with Crippen LogP contribution in [0.3, 0.4) is 0 Å². The molecule has 0 aromatic carbocycles. The van der Waals surface area contributed by atoms with Crippen molar-refractivity contribution in [1.29, 1.82) is 0 Å². The lowest BCUT2D eigenvalue weighted by molar-refractivity contribution is 0.00728. The van der Waals surface area contributed by atoms with Crippen molar-refractivity contribution >= 4 is 0 Å². The minimum atomic E-state index is 0.439. The van der Waals surface area contributed by atoms with Crippen molar-refractivity contribution in [3.63, 3.8) is 0 Å². The Kier molecular flexibility index (Phi) is 6.04. The van der Waals surface area contributed by atoms with Gasteiger partial charge in [0.15, 0.2) is 0 Å². The van der Waals surface area contributed by atoms with Crippen LogP contribution < -0.4 is 0 Å². The highest BCUT2D eigenvalue weighted by atomic mass is 15.3. The Morgan fingerprint density at radius 3 is 2.10 bits per heavy atom. The quantitative estimate of drug-likeness (QED) is 0.738. The minimum absolute atomic E-state index is 0.439. The maximum absolute atomic E-state index is 7.28. The average Bonchev–Trinajstić information content (AvgIpc) is 2.47. The summed E-state index contributed by atoms with van der Waals surface area (Å²) in [5, 5.41) is 0. The molecule has 2 heterocycles. The second-order valence-corrected chi connectivity index (χ2v) is 7.18. The van der Waals surface area contributed by atoms with Gasteiger partial charge in [0.25, 0.3) is 0 Å². The van der Waals surface area contributed by atoms with Gasteiger partial charge in [0.2, 0.25) is 6.54 Å². The lowest BCUT2D eigenvalue weighted by atomic mass is 9.98. The molecule has 120 valence electrons. The van der Waals surface area contributed by atoms with Gasteiger partial charge in [-0.2, -0.15) is 0 Å². The predicted molar refractivity (Wildman–Crippen MR) is 88.4 cm³/mol. The predicted octanol–water partition coefficient (Wildman–Crippen LogP) is 2.17. The summed E-state index contributed by atoms with van der Waals surface area (Å²) in [6.07, 6.45) is 2.54. The zero-order chi connectivity index (χ0) is 15.4. The van der Waals surface area contributed by atoms with Gasteiger partial charge in [0.1, 0.15) is 0 Å². The van der Waals surface area contributed by atoms with Crippen LogP contribution in [0.5, 0.6) is 0 Å². The third kappa shape index (κ3) is 4.18. The minimum Gasteiger partial charge on any atom is -0.315 e. The summed E-state index contributed by atoms with van der Waals surface area (Å²) in [5.74, 6) is 0. The van der Waals surface area contributed by atoms with Crippen molar-refractivity contribution in [1.82, 2.24) is 14.7 Å². The van der Waals surface area contributed by atoms with Crippen LogP contribution >= 0.6 is 0 Å². The first-order valence-electron chi connectivity index (χ1n) is 8.60. The Hall–Kier alpha value is -0.630. The van der Waals surface area contributed by atoms with Crippen molar-refractivity contribution in [2.45, 2.75) is 64.7 Å². The van der Waals surface area contributed by atoms with E-state index in [1.54, 1.807) is 0 Å². The van der Waals surface area contributed by atoms with E-state index in [2.05, 4.69) is 47.2 Å². The molecule has 0 amide bonds. The Balaban J connectivity index is 1.94. The van der Waals surface area contributed by atoms with Gasteiger partial charge < -0.3 is 9.74 Å². The van der Waals surface area contributed by atoms with Crippen LogP contribution in [0.2, 0.25) is 0 Å². The normalized spacial score (nSPS) is 27.4. The topological polar surface area (TPSA) is 14.1 Å². The molecule has 2 aliphatic heterocycles. The van der Waals surface area contributed by atoms with E-state index in [1.807, 2.05) is 0 Å². The highest BCUT2D eigenvalue weighted by Crippen LogP contribution is 2.23. The summed E-state index contributed by atoms with van der Waals surface area (Å²) in [6, 6.07) is 2.40. The Labute approximate surface area is 130 Å². The lowest BCUT2D eigenvalue weighted by Crippen LogP contribution is -2.60. The number of likely N-dealkylation sites (tertiary alicyclic amines) is 1. The Morgan fingerprint density at radius 1 is 0.952 bits per heavy atom. The standard InChI is InChI=1S/C17H32N4/c1-14(2)19-8-6-16(7-9-19)21-11-10-20(15(3)4)13-17(21)12-18-5/h14-17H,6-13H2,1-4H3/t17-/m0/s1. The number of hydrogen-bond donors (Lipinski definition) is 0. The van der Waals surface area contributed by atoms with E-state index in [-0.39, 0.29) is 0 Å². The number of hydrogen-bond acceptors (Lipinski definition) is 3. The molecule has 2 saturated heterocycles. The summed E-state index contributed by atoms with van der Waals surface area (Å²) < 4.78 is 0. The number of piperidine rings is 1. The zero-order valence-corrected chi connectivity index (χ0v) is 14.3. The first-order valence-corrected chi connectivity index (χ1v) is 8.60. The molecule has 0 saturated carbocycles. The fourth-order valence-electron chi connectivity index (χ4n) is 3.84. The molecule has 4 heteroatoms. The Bertz CT molecular complexity index is 352. The second-order valence-electron chi connectivity index (χ2n) is 7.18.